The molecule has 0 spiro atoms. The van der Waals surface area contributed by atoms with Gasteiger partial charge in [0.15, 0.2) is 0 Å². The Balaban J connectivity index is 1.59. The lowest BCUT2D eigenvalue weighted by atomic mass is 9.89. The summed E-state index contributed by atoms with van der Waals surface area (Å²) in [6.45, 7) is 2.12. The van der Waals surface area contributed by atoms with E-state index in [4.69, 9.17) is 9.47 Å². The SMILES string of the molecule is COc1ccc(NC(=O)Cn2cnc3sc4c(c3c2=O)CCC(C)C4)c(OC)c1. The van der Waals surface area contributed by atoms with Gasteiger partial charge in [-0.2, -0.15) is 0 Å². The van der Waals surface area contributed by atoms with Crippen molar-refractivity contribution in [2.24, 2.45) is 5.92 Å². The lowest BCUT2D eigenvalue weighted by molar-refractivity contribution is -0.116. The molecule has 1 atom stereocenters. The summed E-state index contributed by atoms with van der Waals surface area (Å²) in [6, 6.07) is 5.13. The Labute approximate surface area is 172 Å². The number of aryl methyl sites for hydroxylation is 1. The number of thiophene rings is 1. The second-order valence-electron chi connectivity index (χ2n) is 7.32. The van der Waals surface area contributed by atoms with Crippen LogP contribution in [0.15, 0.2) is 29.3 Å². The van der Waals surface area contributed by atoms with E-state index in [0.717, 1.165) is 29.7 Å². The minimum atomic E-state index is -0.325. The number of hydrogen-bond acceptors (Lipinski definition) is 6. The van der Waals surface area contributed by atoms with Crippen LogP contribution in [-0.2, 0) is 24.2 Å². The molecule has 29 heavy (non-hydrogen) atoms. The summed E-state index contributed by atoms with van der Waals surface area (Å²) in [6.07, 6.45) is 4.42. The highest BCUT2D eigenvalue weighted by molar-refractivity contribution is 7.18. The van der Waals surface area contributed by atoms with Crippen molar-refractivity contribution >= 4 is 33.1 Å². The Bertz CT molecular complexity index is 1130. The molecule has 4 rings (SSSR count). The number of carbonyl (C=O) groups excluding carboxylic acids is 1. The number of methoxy groups -OCH3 is 2. The summed E-state index contributed by atoms with van der Waals surface area (Å²) in [4.78, 5) is 32.1. The number of ether oxygens (including phenoxy) is 2. The zero-order chi connectivity index (χ0) is 20.5. The van der Waals surface area contributed by atoms with Crippen LogP contribution in [0.2, 0.25) is 0 Å². The lowest BCUT2D eigenvalue weighted by Gasteiger charge is -2.17. The molecule has 1 N–H and O–H groups in total. The molecule has 1 amide bonds. The quantitative estimate of drug-likeness (QED) is 0.694. The van der Waals surface area contributed by atoms with E-state index in [2.05, 4.69) is 17.2 Å². The maximum absolute atomic E-state index is 13.0. The van der Waals surface area contributed by atoms with Crippen molar-refractivity contribution in [3.05, 3.63) is 45.3 Å². The van der Waals surface area contributed by atoms with E-state index >= 15 is 0 Å². The zero-order valence-corrected chi connectivity index (χ0v) is 17.5. The smallest absolute Gasteiger partial charge is 0.262 e. The number of carbonyl (C=O) groups is 1. The molecule has 1 aromatic carbocycles. The second kappa shape index (κ2) is 7.87. The number of amides is 1. The molecule has 8 heteroatoms. The summed E-state index contributed by atoms with van der Waals surface area (Å²) in [5.74, 6) is 1.42. The van der Waals surface area contributed by atoms with E-state index in [1.165, 1.54) is 22.9 Å². The predicted molar refractivity (Wildman–Crippen MR) is 113 cm³/mol. The number of fused-ring (bicyclic) bond motifs is 3. The zero-order valence-electron chi connectivity index (χ0n) is 16.7. The van der Waals surface area contributed by atoms with Crippen LogP contribution in [0.25, 0.3) is 10.2 Å². The summed E-state index contributed by atoms with van der Waals surface area (Å²) >= 11 is 1.60. The highest BCUT2D eigenvalue weighted by atomic mass is 32.1. The largest absolute Gasteiger partial charge is 0.497 e. The van der Waals surface area contributed by atoms with Gasteiger partial charge in [-0.05, 0) is 42.9 Å². The molecular formula is C21H23N3O4S. The first-order valence-corrected chi connectivity index (χ1v) is 10.3. The molecule has 1 aliphatic rings. The molecular weight excluding hydrogens is 390 g/mol. The van der Waals surface area contributed by atoms with E-state index in [0.29, 0.717) is 28.5 Å². The van der Waals surface area contributed by atoms with Crippen molar-refractivity contribution in [3.8, 4) is 11.5 Å². The Hall–Kier alpha value is -2.87. The fraction of sp³-hybridized carbons (Fsp3) is 0.381. The normalized spacial score (nSPS) is 15.8. The summed E-state index contributed by atoms with van der Waals surface area (Å²) in [5.41, 5.74) is 1.48. The first-order chi connectivity index (χ1) is 14.0. The molecule has 0 saturated carbocycles. The number of aromatic nitrogens is 2. The van der Waals surface area contributed by atoms with Crippen LogP contribution >= 0.6 is 11.3 Å². The number of rotatable bonds is 5. The molecule has 0 radical (unpaired) electrons. The van der Waals surface area contributed by atoms with Crippen molar-refractivity contribution < 1.29 is 14.3 Å². The fourth-order valence-corrected chi connectivity index (χ4v) is 5.07. The molecule has 2 aromatic heterocycles. The molecule has 0 aliphatic heterocycles. The van der Waals surface area contributed by atoms with Crippen LogP contribution in [-0.4, -0.2) is 29.7 Å². The first-order valence-electron chi connectivity index (χ1n) is 9.51. The predicted octanol–water partition coefficient (Wildman–Crippen LogP) is 3.24. The summed E-state index contributed by atoms with van der Waals surface area (Å²) < 4.78 is 11.8. The highest BCUT2D eigenvalue weighted by Crippen LogP contribution is 2.35. The Morgan fingerprint density at radius 3 is 2.93 bits per heavy atom. The van der Waals surface area contributed by atoms with Crippen LogP contribution in [0.3, 0.4) is 0 Å². The standard InChI is InChI=1S/C21H23N3O4S/c1-12-4-6-14-17(8-12)29-20-19(14)21(26)24(11-22-20)10-18(25)23-15-7-5-13(27-2)9-16(15)28-3/h5,7,9,11-12H,4,6,8,10H2,1-3H3,(H,23,25). The van der Waals surface area contributed by atoms with Crippen molar-refractivity contribution in [2.75, 3.05) is 19.5 Å². The molecule has 0 saturated heterocycles. The molecule has 3 aromatic rings. The maximum atomic E-state index is 13.0. The van der Waals surface area contributed by atoms with Crippen LogP contribution < -0.4 is 20.3 Å². The van der Waals surface area contributed by atoms with Gasteiger partial charge < -0.3 is 14.8 Å². The van der Waals surface area contributed by atoms with Crippen molar-refractivity contribution in [2.45, 2.75) is 32.7 Å². The molecule has 0 fully saturated rings. The number of nitrogens with zero attached hydrogens (tertiary/aromatic N) is 2. The van der Waals surface area contributed by atoms with Crippen LogP contribution in [0.1, 0.15) is 23.8 Å². The van der Waals surface area contributed by atoms with Gasteiger partial charge >= 0.3 is 0 Å². The van der Waals surface area contributed by atoms with Crippen LogP contribution in [0.5, 0.6) is 11.5 Å². The van der Waals surface area contributed by atoms with E-state index in [-0.39, 0.29) is 18.0 Å². The second-order valence-corrected chi connectivity index (χ2v) is 8.41. The molecule has 1 unspecified atom stereocenters. The third-order valence-electron chi connectivity index (χ3n) is 5.28. The lowest BCUT2D eigenvalue weighted by Crippen LogP contribution is -2.28. The van der Waals surface area contributed by atoms with E-state index in [1.807, 2.05) is 0 Å². The van der Waals surface area contributed by atoms with Crippen LogP contribution in [0, 0.1) is 5.92 Å². The van der Waals surface area contributed by atoms with Gasteiger partial charge in [0.25, 0.3) is 5.56 Å². The van der Waals surface area contributed by atoms with Gasteiger partial charge in [0.05, 0.1) is 31.6 Å². The highest BCUT2D eigenvalue weighted by Gasteiger charge is 2.23. The number of anilines is 1. The third-order valence-corrected chi connectivity index (χ3v) is 6.44. The van der Waals surface area contributed by atoms with Crippen molar-refractivity contribution in [1.29, 1.82) is 0 Å². The van der Waals surface area contributed by atoms with Gasteiger partial charge in [-0.25, -0.2) is 4.98 Å². The molecule has 7 nitrogen and oxygen atoms in total. The Morgan fingerprint density at radius 2 is 2.17 bits per heavy atom. The van der Waals surface area contributed by atoms with Crippen molar-refractivity contribution in [1.82, 2.24) is 9.55 Å². The number of nitrogens with one attached hydrogen (secondary N) is 1. The molecule has 2 heterocycles. The summed E-state index contributed by atoms with van der Waals surface area (Å²) in [5, 5.41) is 3.47. The molecule has 1 aliphatic carbocycles. The van der Waals surface area contributed by atoms with Crippen molar-refractivity contribution in [3.63, 3.8) is 0 Å². The van der Waals surface area contributed by atoms with E-state index in [1.54, 1.807) is 36.6 Å². The number of hydrogen-bond donors (Lipinski definition) is 1. The Kier molecular flexibility index (Phi) is 5.27. The third kappa shape index (κ3) is 3.72. The van der Waals surface area contributed by atoms with Gasteiger partial charge in [0.2, 0.25) is 5.91 Å². The van der Waals surface area contributed by atoms with E-state index in [9.17, 15) is 9.59 Å². The van der Waals surface area contributed by atoms with Gasteiger partial charge in [-0.15, -0.1) is 11.3 Å². The summed E-state index contributed by atoms with van der Waals surface area (Å²) in [7, 11) is 3.08. The van der Waals surface area contributed by atoms with E-state index < -0.39 is 0 Å². The Morgan fingerprint density at radius 1 is 1.34 bits per heavy atom. The minimum Gasteiger partial charge on any atom is -0.497 e. The monoisotopic (exact) mass is 413 g/mol. The van der Waals surface area contributed by atoms with Crippen LogP contribution in [0.4, 0.5) is 5.69 Å². The average molecular weight is 413 g/mol. The topological polar surface area (TPSA) is 82.5 Å². The van der Waals surface area contributed by atoms with Gasteiger partial charge in [-0.1, -0.05) is 6.92 Å². The van der Waals surface area contributed by atoms with Gasteiger partial charge in [0, 0.05) is 10.9 Å². The fourth-order valence-electron chi connectivity index (χ4n) is 3.72. The average Bonchev–Trinajstić information content (AvgIpc) is 3.08. The van der Waals surface area contributed by atoms with Gasteiger partial charge in [-0.3, -0.25) is 14.2 Å². The number of benzene rings is 1. The molecule has 0 bridgehead atoms. The maximum Gasteiger partial charge on any atom is 0.262 e. The molecule has 152 valence electrons. The minimum absolute atomic E-state index is 0.113. The first kappa shape index (κ1) is 19.4. The van der Waals surface area contributed by atoms with Gasteiger partial charge in [0.1, 0.15) is 22.9 Å².